The smallest absolute Gasteiger partial charge is 0.410 e. The fourth-order valence-corrected chi connectivity index (χ4v) is 6.70. The average Bonchev–Trinajstić information content (AvgIpc) is 3.77. The summed E-state index contributed by atoms with van der Waals surface area (Å²) in [4.78, 5) is 41.8. The van der Waals surface area contributed by atoms with E-state index in [1.807, 2.05) is 58.1 Å². The Morgan fingerprint density at radius 3 is 2.57 bits per heavy atom. The van der Waals surface area contributed by atoms with E-state index in [1.165, 1.54) is 0 Å². The first-order valence-electron chi connectivity index (χ1n) is 17.0. The fourth-order valence-electron chi connectivity index (χ4n) is 6.70. The zero-order valence-corrected chi connectivity index (χ0v) is 27.8. The molecule has 0 radical (unpaired) electrons. The van der Waals surface area contributed by atoms with Crippen molar-refractivity contribution in [3.63, 3.8) is 0 Å². The Hall–Kier alpha value is -4.95. The van der Waals surface area contributed by atoms with Crippen molar-refractivity contribution < 1.29 is 23.8 Å². The molecule has 3 N–H and O–H groups in total. The van der Waals surface area contributed by atoms with Gasteiger partial charge in [0.05, 0.1) is 17.4 Å². The van der Waals surface area contributed by atoms with Gasteiger partial charge in [-0.1, -0.05) is 36.4 Å². The van der Waals surface area contributed by atoms with Crippen LogP contribution in [0, 0.1) is 0 Å². The molecule has 0 aliphatic carbocycles. The zero-order valence-electron chi connectivity index (χ0n) is 27.8. The van der Waals surface area contributed by atoms with Crippen LogP contribution >= 0.6 is 0 Å². The number of anilines is 3. The molecule has 3 aliphatic rings. The van der Waals surface area contributed by atoms with Crippen molar-refractivity contribution in [3.05, 3.63) is 66.0 Å². The summed E-state index contributed by atoms with van der Waals surface area (Å²) in [5, 5.41) is 8.40. The van der Waals surface area contributed by atoms with E-state index >= 15 is 0 Å². The molecular formula is C35H43N9O5. The molecule has 7 rings (SSSR count). The molecule has 14 heteroatoms. The second-order valence-corrected chi connectivity index (χ2v) is 12.8. The maximum Gasteiger partial charge on any atom is 0.410 e. The van der Waals surface area contributed by atoms with Crippen LogP contribution < -0.4 is 20.7 Å². The van der Waals surface area contributed by atoms with E-state index in [0.717, 1.165) is 55.1 Å². The van der Waals surface area contributed by atoms with Gasteiger partial charge in [-0.3, -0.25) is 4.79 Å². The molecule has 4 aromatic rings. The molecule has 2 atom stereocenters. The molecular weight excluding hydrogens is 626 g/mol. The van der Waals surface area contributed by atoms with Gasteiger partial charge in [-0.2, -0.15) is 15.1 Å². The van der Waals surface area contributed by atoms with Crippen molar-refractivity contribution in [3.8, 4) is 6.01 Å². The fraction of sp³-hybridized carbons (Fsp3) is 0.457. The van der Waals surface area contributed by atoms with Gasteiger partial charge in [-0.05, 0) is 63.4 Å². The lowest BCUT2D eigenvalue weighted by Gasteiger charge is -2.35. The number of amides is 2. The molecule has 0 spiro atoms. The second-order valence-electron chi connectivity index (χ2n) is 12.8. The predicted molar refractivity (Wildman–Crippen MR) is 185 cm³/mol. The molecule has 2 aromatic carbocycles. The quantitative estimate of drug-likeness (QED) is 0.262. The van der Waals surface area contributed by atoms with Crippen molar-refractivity contribution >= 4 is 40.1 Å². The van der Waals surface area contributed by atoms with Gasteiger partial charge in [0.1, 0.15) is 18.9 Å². The minimum Gasteiger partial charge on any atom is -0.462 e. The van der Waals surface area contributed by atoms with Gasteiger partial charge in [0.2, 0.25) is 0 Å². The zero-order chi connectivity index (χ0) is 33.7. The highest BCUT2D eigenvalue weighted by atomic mass is 16.6. The standard InChI is InChI=1S/C35H43N9O5/c1-41-15-8-11-25(41)23-48-34-39-31(33(45)38-27-12-7-13-28-26(27)21-37-44(28)29-14-5-6-20-47-29)30(36)32(40-34)42-16-18-43(19-17-42)35(46)49-22-24-9-3-2-4-10-24/h2-4,7,9-10,12-13,21,25,29H,5-6,8,11,14-20,22-23,36H2,1H3,(H,38,45). The summed E-state index contributed by atoms with van der Waals surface area (Å²) in [6.07, 6.45) is 6.34. The van der Waals surface area contributed by atoms with Crippen molar-refractivity contribution in [1.29, 1.82) is 0 Å². The van der Waals surface area contributed by atoms with Gasteiger partial charge < -0.3 is 40.0 Å². The van der Waals surface area contributed by atoms with E-state index in [2.05, 4.69) is 27.3 Å². The highest BCUT2D eigenvalue weighted by Crippen LogP contribution is 2.32. The molecule has 3 aliphatic heterocycles. The molecule has 5 heterocycles. The molecule has 2 aromatic heterocycles. The Kier molecular flexibility index (Phi) is 9.75. The first-order valence-corrected chi connectivity index (χ1v) is 17.0. The predicted octanol–water partition coefficient (Wildman–Crippen LogP) is 4.29. The molecule has 2 amide bonds. The Labute approximate surface area is 285 Å². The maximum atomic E-state index is 13.9. The average molecular weight is 670 g/mol. The molecule has 3 saturated heterocycles. The van der Waals surface area contributed by atoms with Gasteiger partial charge in [0, 0.05) is 44.2 Å². The maximum absolute atomic E-state index is 13.9. The highest BCUT2D eigenvalue weighted by Gasteiger charge is 2.29. The van der Waals surface area contributed by atoms with Crippen LogP contribution in [0.25, 0.3) is 10.9 Å². The monoisotopic (exact) mass is 669 g/mol. The van der Waals surface area contributed by atoms with E-state index in [1.54, 1.807) is 11.1 Å². The van der Waals surface area contributed by atoms with Crippen LogP contribution in [-0.2, 0) is 16.1 Å². The van der Waals surface area contributed by atoms with Crippen LogP contribution in [0.1, 0.15) is 54.4 Å². The lowest BCUT2D eigenvalue weighted by Crippen LogP contribution is -2.49. The van der Waals surface area contributed by atoms with E-state index in [9.17, 15) is 9.59 Å². The van der Waals surface area contributed by atoms with Crippen LogP contribution in [0.4, 0.5) is 22.0 Å². The highest BCUT2D eigenvalue weighted by molar-refractivity contribution is 6.11. The number of nitrogens with one attached hydrogen (secondary N) is 1. The van der Waals surface area contributed by atoms with E-state index < -0.39 is 5.91 Å². The van der Waals surface area contributed by atoms with Gasteiger partial charge in [0.15, 0.2) is 17.7 Å². The van der Waals surface area contributed by atoms with Gasteiger partial charge in [-0.15, -0.1) is 0 Å². The summed E-state index contributed by atoms with van der Waals surface area (Å²) in [5.41, 5.74) is 9.20. The lowest BCUT2D eigenvalue weighted by atomic mass is 10.1. The summed E-state index contributed by atoms with van der Waals surface area (Å²) < 4.78 is 19.5. The van der Waals surface area contributed by atoms with Crippen molar-refractivity contribution in [2.75, 3.05) is 68.9 Å². The van der Waals surface area contributed by atoms with Gasteiger partial charge in [0.25, 0.3) is 5.91 Å². The summed E-state index contributed by atoms with van der Waals surface area (Å²) in [5.74, 6) is -0.0889. The topological polar surface area (TPSA) is 153 Å². The number of nitrogen functional groups attached to an aromatic ring is 1. The number of carbonyl (C=O) groups excluding carboxylic acids is 2. The molecule has 258 valence electrons. The number of nitrogens with zero attached hydrogens (tertiary/aromatic N) is 7. The Morgan fingerprint density at radius 2 is 1.82 bits per heavy atom. The number of hydrogen-bond acceptors (Lipinski definition) is 11. The van der Waals surface area contributed by atoms with E-state index in [-0.39, 0.29) is 42.4 Å². The minimum atomic E-state index is -0.485. The van der Waals surface area contributed by atoms with Crippen LogP contribution in [-0.4, -0.2) is 101 Å². The normalized spacial score (nSPS) is 20.0. The minimum absolute atomic E-state index is 0.0180. The number of aromatic nitrogens is 4. The van der Waals surface area contributed by atoms with Crippen molar-refractivity contribution in [2.24, 2.45) is 0 Å². The van der Waals surface area contributed by atoms with Crippen LogP contribution in [0.5, 0.6) is 6.01 Å². The van der Waals surface area contributed by atoms with Crippen LogP contribution in [0.15, 0.2) is 54.7 Å². The molecule has 0 bridgehead atoms. The second kappa shape index (κ2) is 14.7. The van der Waals surface area contributed by atoms with Crippen molar-refractivity contribution in [1.82, 2.24) is 29.5 Å². The molecule has 0 saturated carbocycles. The lowest BCUT2D eigenvalue weighted by molar-refractivity contribution is -0.0366. The number of ether oxygens (including phenoxy) is 3. The largest absolute Gasteiger partial charge is 0.462 e. The number of benzene rings is 2. The molecule has 14 nitrogen and oxygen atoms in total. The van der Waals surface area contributed by atoms with Gasteiger partial charge >= 0.3 is 12.1 Å². The van der Waals surface area contributed by atoms with E-state index in [4.69, 9.17) is 24.9 Å². The van der Waals surface area contributed by atoms with Gasteiger partial charge in [-0.25, -0.2) is 9.48 Å². The van der Waals surface area contributed by atoms with E-state index in [0.29, 0.717) is 50.9 Å². The first kappa shape index (κ1) is 32.6. The SMILES string of the molecule is CN1CCCC1COc1nc(C(=O)Nc2cccc3c2cnn3C2CCCCO2)c(N)c(N2CCN(C(=O)OCc3ccccc3)CC2)n1. The summed E-state index contributed by atoms with van der Waals surface area (Å²) in [7, 11) is 2.07. The number of piperazine rings is 1. The number of nitrogens with two attached hydrogens (primary N) is 1. The van der Waals surface area contributed by atoms with Crippen LogP contribution in [0.3, 0.4) is 0 Å². The number of rotatable bonds is 9. The number of hydrogen-bond donors (Lipinski definition) is 2. The molecule has 3 fully saturated rings. The third kappa shape index (κ3) is 7.25. The summed E-state index contributed by atoms with van der Waals surface area (Å²) in [6.45, 7) is 3.98. The number of fused-ring (bicyclic) bond motifs is 1. The molecule has 49 heavy (non-hydrogen) atoms. The number of carbonyl (C=O) groups is 2. The number of likely N-dealkylation sites (N-methyl/N-ethyl adjacent to an activating group) is 1. The third-order valence-corrected chi connectivity index (χ3v) is 9.56. The third-order valence-electron chi connectivity index (χ3n) is 9.56. The first-order chi connectivity index (χ1) is 23.9. The summed E-state index contributed by atoms with van der Waals surface area (Å²) in [6, 6.07) is 15.6. The van der Waals surface area contributed by atoms with Crippen molar-refractivity contribution in [2.45, 2.75) is 51.0 Å². The summed E-state index contributed by atoms with van der Waals surface area (Å²) >= 11 is 0. The Balaban J connectivity index is 1.10. The Bertz CT molecular complexity index is 1770. The Morgan fingerprint density at radius 1 is 0.980 bits per heavy atom. The van der Waals surface area contributed by atoms with Crippen LogP contribution in [0.2, 0.25) is 0 Å². The molecule has 2 unspecified atom stereocenters. The number of likely N-dealkylation sites (tertiary alicyclic amines) is 1.